The third kappa shape index (κ3) is 3.03. The quantitative estimate of drug-likeness (QED) is 0.789. The molecule has 6 nitrogen and oxygen atoms in total. The summed E-state index contributed by atoms with van der Waals surface area (Å²) in [5.41, 5.74) is 4.09. The molecule has 0 aromatic carbocycles. The van der Waals surface area contributed by atoms with Crippen molar-refractivity contribution in [2.75, 3.05) is 11.4 Å². The lowest BCUT2D eigenvalue weighted by Crippen LogP contribution is -2.41. The van der Waals surface area contributed by atoms with E-state index in [9.17, 15) is 4.79 Å². The number of aryl methyl sites for hydroxylation is 1. The lowest BCUT2D eigenvalue weighted by molar-refractivity contribution is 0.430. The van der Waals surface area contributed by atoms with Crippen LogP contribution in [0.3, 0.4) is 0 Å². The van der Waals surface area contributed by atoms with Gasteiger partial charge in [-0.2, -0.15) is 5.10 Å². The van der Waals surface area contributed by atoms with Crippen molar-refractivity contribution in [2.45, 2.75) is 31.7 Å². The van der Waals surface area contributed by atoms with Crippen LogP contribution in [0.5, 0.6) is 0 Å². The molecule has 0 spiro atoms. The van der Waals surface area contributed by atoms with E-state index in [2.05, 4.69) is 33.1 Å². The maximum absolute atomic E-state index is 12.7. The lowest BCUT2D eigenvalue weighted by atomic mass is 9.83. The summed E-state index contributed by atoms with van der Waals surface area (Å²) < 4.78 is 1.83. The van der Waals surface area contributed by atoms with E-state index in [0.717, 1.165) is 41.9 Å². The molecule has 4 rings (SSSR count). The first-order valence-corrected chi connectivity index (χ1v) is 9.00. The van der Waals surface area contributed by atoms with E-state index in [0.29, 0.717) is 6.04 Å². The highest BCUT2D eigenvalue weighted by Gasteiger charge is 2.30. The average molecular weight is 349 g/mol. The van der Waals surface area contributed by atoms with Crippen LogP contribution >= 0.6 is 0 Å². The summed E-state index contributed by atoms with van der Waals surface area (Å²) in [6.07, 6.45) is 11.1. The lowest BCUT2D eigenvalue weighted by Gasteiger charge is -2.38. The Morgan fingerprint density at radius 3 is 2.73 bits per heavy atom. The molecule has 1 aliphatic rings. The first kappa shape index (κ1) is 16.6. The fraction of sp³-hybridized carbons (Fsp3) is 0.350. The number of nitrogens with zero attached hydrogens (tertiary/aromatic N) is 4. The highest BCUT2D eigenvalue weighted by molar-refractivity contribution is 5.63. The monoisotopic (exact) mass is 349 g/mol. The first-order chi connectivity index (χ1) is 12.6. The van der Waals surface area contributed by atoms with Crippen LogP contribution in [0.15, 0.2) is 54.0 Å². The van der Waals surface area contributed by atoms with Crippen molar-refractivity contribution in [2.24, 2.45) is 7.05 Å². The van der Waals surface area contributed by atoms with Gasteiger partial charge in [0.15, 0.2) is 5.43 Å². The Morgan fingerprint density at radius 1 is 1.23 bits per heavy atom. The standard InChI is InChI=1S/C20H23N5O/c1-14-11-16(6-10-25(14)17-12-23-24(2)13-17)19-18(26)5-9-22-20(19)15-3-7-21-8-4-15/h3-5,7-9,12-14,16H,6,10-11H2,1-2H3,(H,22,26). The normalized spacial score (nSPS) is 20.3. The number of piperidine rings is 1. The Bertz CT molecular complexity index is 946. The minimum Gasteiger partial charge on any atom is -0.366 e. The molecule has 0 bridgehead atoms. The van der Waals surface area contributed by atoms with Crippen molar-refractivity contribution < 1.29 is 0 Å². The number of pyridine rings is 2. The maximum atomic E-state index is 12.7. The summed E-state index contributed by atoms with van der Waals surface area (Å²) >= 11 is 0. The zero-order chi connectivity index (χ0) is 18.1. The van der Waals surface area contributed by atoms with Crippen LogP contribution in [-0.2, 0) is 7.05 Å². The molecule has 1 N–H and O–H groups in total. The Morgan fingerprint density at radius 2 is 2.04 bits per heavy atom. The molecular weight excluding hydrogens is 326 g/mol. The van der Waals surface area contributed by atoms with Crippen LogP contribution in [-0.4, -0.2) is 32.3 Å². The van der Waals surface area contributed by atoms with Gasteiger partial charge in [0.25, 0.3) is 0 Å². The van der Waals surface area contributed by atoms with E-state index in [1.54, 1.807) is 24.7 Å². The fourth-order valence-corrected chi connectivity index (χ4v) is 4.03. The number of H-pyrrole nitrogens is 1. The summed E-state index contributed by atoms with van der Waals surface area (Å²) in [7, 11) is 1.94. The molecule has 1 aliphatic heterocycles. The summed E-state index contributed by atoms with van der Waals surface area (Å²) in [5.74, 6) is 0.242. The molecule has 2 unspecified atom stereocenters. The van der Waals surface area contributed by atoms with Gasteiger partial charge in [0.2, 0.25) is 0 Å². The number of aromatic nitrogens is 4. The molecule has 6 heteroatoms. The Hall–Kier alpha value is -2.89. The molecule has 4 heterocycles. The van der Waals surface area contributed by atoms with Gasteiger partial charge in [0.1, 0.15) is 0 Å². The van der Waals surface area contributed by atoms with Gasteiger partial charge >= 0.3 is 0 Å². The third-order valence-electron chi connectivity index (χ3n) is 5.27. The predicted octanol–water partition coefficient (Wildman–Crippen LogP) is 2.94. The molecule has 3 aromatic heterocycles. The van der Waals surface area contributed by atoms with Crippen molar-refractivity contribution in [3.63, 3.8) is 0 Å². The van der Waals surface area contributed by atoms with E-state index >= 15 is 0 Å². The Balaban J connectivity index is 1.65. The van der Waals surface area contributed by atoms with Crippen LogP contribution < -0.4 is 10.3 Å². The number of aromatic amines is 1. The van der Waals surface area contributed by atoms with E-state index in [-0.39, 0.29) is 11.3 Å². The molecule has 1 saturated heterocycles. The van der Waals surface area contributed by atoms with Gasteiger partial charge in [-0.15, -0.1) is 0 Å². The van der Waals surface area contributed by atoms with Crippen LogP contribution in [0.4, 0.5) is 5.69 Å². The third-order valence-corrected chi connectivity index (χ3v) is 5.27. The fourth-order valence-electron chi connectivity index (χ4n) is 4.03. The van der Waals surface area contributed by atoms with E-state index < -0.39 is 0 Å². The second-order valence-electron chi connectivity index (χ2n) is 7.00. The molecule has 1 fully saturated rings. The zero-order valence-electron chi connectivity index (χ0n) is 15.1. The highest BCUT2D eigenvalue weighted by Crippen LogP contribution is 2.36. The molecular formula is C20H23N5O. The summed E-state index contributed by atoms with van der Waals surface area (Å²) in [4.78, 5) is 22.5. The second-order valence-corrected chi connectivity index (χ2v) is 7.00. The summed E-state index contributed by atoms with van der Waals surface area (Å²) in [6.45, 7) is 3.14. The topological polar surface area (TPSA) is 66.8 Å². The summed E-state index contributed by atoms with van der Waals surface area (Å²) in [5, 5.41) is 4.29. The van der Waals surface area contributed by atoms with Crippen LogP contribution in [0.1, 0.15) is 31.2 Å². The largest absolute Gasteiger partial charge is 0.366 e. The zero-order valence-corrected chi connectivity index (χ0v) is 15.1. The van der Waals surface area contributed by atoms with Crippen molar-refractivity contribution in [1.82, 2.24) is 19.7 Å². The van der Waals surface area contributed by atoms with Gasteiger partial charge in [-0.05, 0) is 37.8 Å². The average Bonchev–Trinajstić information content (AvgIpc) is 3.08. The van der Waals surface area contributed by atoms with Gasteiger partial charge in [0, 0.05) is 61.6 Å². The predicted molar refractivity (Wildman–Crippen MR) is 102 cm³/mol. The summed E-state index contributed by atoms with van der Waals surface area (Å²) in [6, 6.07) is 5.88. The second kappa shape index (κ2) is 6.78. The van der Waals surface area contributed by atoms with Gasteiger partial charge in [-0.25, -0.2) is 0 Å². The number of hydrogen-bond donors (Lipinski definition) is 1. The Kier molecular flexibility index (Phi) is 4.32. The Labute approximate surface area is 152 Å². The molecule has 2 atom stereocenters. The molecule has 134 valence electrons. The SMILES string of the molecule is CC1CC(c2c(-c3ccncc3)[nH]ccc2=O)CCN1c1cnn(C)c1. The van der Waals surface area contributed by atoms with Gasteiger partial charge in [-0.1, -0.05) is 0 Å². The molecule has 0 radical (unpaired) electrons. The van der Waals surface area contributed by atoms with E-state index in [1.165, 1.54) is 0 Å². The maximum Gasteiger partial charge on any atom is 0.185 e. The van der Waals surface area contributed by atoms with Crippen molar-refractivity contribution in [3.8, 4) is 11.3 Å². The number of hydrogen-bond acceptors (Lipinski definition) is 4. The molecule has 0 amide bonds. The van der Waals surface area contributed by atoms with Crippen LogP contribution in [0.25, 0.3) is 11.3 Å². The van der Waals surface area contributed by atoms with Crippen molar-refractivity contribution in [3.05, 3.63) is 65.0 Å². The van der Waals surface area contributed by atoms with Crippen LogP contribution in [0.2, 0.25) is 0 Å². The number of anilines is 1. The smallest absolute Gasteiger partial charge is 0.185 e. The van der Waals surface area contributed by atoms with Crippen molar-refractivity contribution >= 4 is 5.69 Å². The highest BCUT2D eigenvalue weighted by atomic mass is 16.1. The number of rotatable bonds is 3. The molecule has 0 saturated carbocycles. The van der Waals surface area contributed by atoms with Gasteiger partial charge < -0.3 is 9.88 Å². The van der Waals surface area contributed by atoms with Crippen LogP contribution in [0, 0.1) is 0 Å². The molecule has 0 aliphatic carbocycles. The minimum atomic E-state index is 0.114. The van der Waals surface area contributed by atoms with Gasteiger partial charge in [-0.3, -0.25) is 14.5 Å². The van der Waals surface area contributed by atoms with Crippen molar-refractivity contribution in [1.29, 1.82) is 0 Å². The molecule has 26 heavy (non-hydrogen) atoms. The molecule has 3 aromatic rings. The minimum absolute atomic E-state index is 0.114. The van der Waals surface area contributed by atoms with Gasteiger partial charge in [0.05, 0.1) is 17.6 Å². The van der Waals surface area contributed by atoms with E-state index in [4.69, 9.17) is 0 Å². The number of nitrogens with one attached hydrogen (secondary N) is 1. The van der Waals surface area contributed by atoms with E-state index in [1.807, 2.05) is 30.1 Å². The first-order valence-electron chi connectivity index (χ1n) is 9.00.